The average molecular weight is 392 g/mol. The van der Waals surface area contributed by atoms with Crippen molar-refractivity contribution in [1.29, 1.82) is 0 Å². The van der Waals surface area contributed by atoms with Crippen LogP contribution in [0.1, 0.15) is 30.1 Å². The highest BCUT2D eigenvalue weighted by molar-refractivity contribution is 6.30. The summed E-state index contributed by atoms with van der Waals surface area (Å²) in [6.45, 7) is -0.0241. The van der Waals surface area contributed by atoms with Crippen molar-refractivity contribution in [3.8, 4) is 11.5 Å². The number of rotatable bonds is 7. The molecule has 0 spiro atoms. The van der Waals surface area contributed by atoms with Crippen LogP contribution < -0.4 is 15.2 Å². The van der Waals surface area contributed by atoms with Gasteiger partial charge >= 0.3 is 5.97 Å². The quantitative estimate of drug-likeness (QED) is 0.670. The van der Waals surface area contributed by atoms with E-state index in [0.717, 1.165) is 11.1 Å². The predicted molar refractivity (Wildman–Crippen MR) is 101 cm³/mol. The van der Waals surface area contributed by atoms with Crippen LogP contribution >= 0.6 is 11.6 Å². The van der Waals surface area contributed by atoms with Crippen LogP contribution in [0.25, 0.3) is 0 Å². The number of ether oxygens (including phenoxy) is 2. The van der Waals surface area contributed by atoms with E-state index in [1.807, 2.05) is 24.3 Å². The van der Waals surface area contributed by atoms with Crippen LogP contribution in [0.3, 0.4) is 0 Å². The Bertz CT molecular complexity index is 813. The molecule has 27 heavy (non-hydrogen) atoms. The van der Waals surface area contributed by atoms with Gasteiger partial charge in [-0.25, -0.2) is 4.79 Å². The SMILES string of the molecule is N[C@H](CC[C@@H](O)c1cccc(Cl)c1)Cc1ccc2c(c1)OC[C@H](C(=O)O)O2. The molecule has 0 amide bonds. The smallest absolute Gasteiger partial charge is 0.348 e. The second-order valence-electron chi connectivity index (χ2n) is 6.65. The van der Waals surface area contributed by atoms with E-state index < -0.39 is 18.2 Å². The molecule has 2 aromatic carbocycles. The van der Waals surface area contributed by atoms with Gasteiger partial charge in [0.1, 0.15) is 6.61 Å². The molecule has 1 aliphatic heterocycles. The monoisotopic (exact) mass is 391 g/mol. The summed E-state index contributed by atoms with van der Waals surface area (Å²) < 4.78 is 10.9. The second kappa shape index (κ2) is 8.61. The minimum atomic E-state index is -1.05. The molecular weight excluding hydrogens is 370 g/mol. The van der Waals surface area contributed by atoms with E-state index >= 15 is 0 Å². The lowest BCUT2D eigenvalue weighted by atomic mass is 9.98. The van der Waals surface area contributed by atoms with Crippen molar-refractivity contribution in [2.45, 2.75) is 37.5 Å². The molecule has 0 bridgehead atoms. The number of carbonyl (C=O) groups is 1. The number of benzene rings is 2. The van der Waals surface area contributed by atoms with Crippen LogP contribution in [0.5, 0.6) is 11.5 Å². The third-order valence-corrected chi connectivity index (χ3v) is 4.72. The molecular formula is C20H22ClNO5. The minimum absolute atomic E-state index is 0.0241. The summed E-state index contributed by atoms with van der Waals surface area (Å²) in [5.41, 5.74) is 7.96. The Labute approximate surface area is 162 Å². The molecule has 0 saturated carbocycles. The summed E-state index contributed by atoms with van der Waals surface area (Å²) in [6.07, 6.45) is 0.193. The van der Waals surface area contributed by atoms with Gasteiger partial charge in [-0.2, -0.15) is 0 Å². The molecule has 1 aliphatic rings. The Morgan fingerprint density at radius 1 is 1.22 bits per heavy atom. The number of hydrogen-bond acceptors (Lipinski definition) is 5. The van der Waals surface area contributed by atoms with Crippen LogP contribution in [0.4, 0.5) is 0 Å². The zero-order valence-electron chi connectivity index (χ0n) is 14.7. The molecule has 144 valence electrons. The first-order chi connectivity index (χ1) is 12.9. The first-order valence-electron chi connectivity index (χ1n) is 8.76. The predicted octanol–water partition coefficient (Wildman–Crippen LogP) is 2.95. The van der Waals surface area contributed by atoms with Gasteiger partial charge in [-0.1, -0.05) is 29.8 Å². The zero-order chi connectivity index (χ0) is 19.4. The number of hydrogen-bond donors (Lipinski definition) is 3. The highest BCUT2D eigenvalue weighted by Crippen LogP contribution is 2.33. The van der Waals surface area contributed by atoms with Gasteiger partial charge < -0.3 is 25.4 Å². The van der Waals surface area contributed by atoms with Crippen LogP contribution in [0.15, 0.2) is 42.5 Å². The van der Waals surface area contributed by atoms with Crippen molar-refractivity contribution in [3.05, 3.63) is 58.6 Å². The largest absolute Gasteiger partial charge is 0.485 e. The Hall–Kier alpha value is -2.28. The highest BCUT2D eigenvalue weighted by atomic mass is 35.5. The Morgan fingerprint density at radius 2 is 2.04 bits per heavy atom. The number of aliphatic hydroxyl groups excluding tert-OH is 1. The topological polar surface area (TPSA) is 102 Å². The molecule has 0 saturated heterocycles. The third-order valence-electron chi connectivity index (χ3n) is 4.49. The number of carboxylic acids is 1. The number of aliphatic carboxylic acids is 1. The molecule has 1 heterocycles. The van der Waals surface area contributed by atoms with Crippen molar-refractivity contribution in [3.63, 3.8) is 0 Å². The molecule has 0 fully saturated rings. The maximum absolute atomic E-state index is 11.0. The van der Waals surface area contributed by atoms with E-state index in [-0.39, 0.29) is 12.6 Å². The van der Waals surface area contributed by atoms with E-state index in [2.05, 4.69) is 0 Å². The molecule has 6 nitrogen and oxygen atoms in total. The summed E-state index contributed by atoms with van der Waals surface area (Å²) in [5.74, 6) is -0.108. The summed E-state index contributed by atoms with van der Waals surface area (Å²) in [6, 6.07) is 12.4. The molecule has 0 radical (unpaired) electrons. The summed E-state index contributed by atoms with van der Waals surface area (Å²) >= 11 is 5.95. The molecule has 7 heteroatoms. The summed E-state index contributed by atoms with van der Waals surface area (Å²) in [5, 5.41) is 19.9. The van der Waals surface area contributed by atoms with Gasteiger partial charge in [-0.05, 0) is 54.7 Å². The van der Waals surface area contributed by atoms with E-state index in [0.29, 0.717) is 35.8 Å². The number of fused-ring (bicyclic) bond motifs is 1. The van der Waals surface area contributed by atoms with Gasteiger partial charge in [0.15, 0.2) is 11.5 Å². The van der Waals surface area contributed by atoms with Crippen molar-refractivity contribution in [2.75, 3.05) is 6.61 Å². The number of halogens is 1. The van der Waals surface area contributed by atoms with Crippen molar-refractivity contribution in [2.24, 2.45) is 5.73 Å². The maximum atomic E-state index is 11.0. The van der Waals surface area contributed by atoms with Gasteiger partial charge in [0.25, 0.3) is 0 Å². The average Bonchev–Trinajstić information content (AvgIpc) is 2.65. The molecule has 2 aromatic rings. The van der Waals surface area contributed by atoms with E-state index in [1.54, 1.807) is 18.2 Å². The highest BCUT2D eigenvalue weighted by Gasteiger charge is 2.27. The standard InChI is InChI=1S/C20H22ClNO5/c21-14-3-1-2-13(10-14)16(23)6-5-15(22)8-12-4-7-17-18(9-12)26-11-19(27-17)20(24)25/h1-4,7,9-10,15-16,19,23H,5-6,8,11,22H2,(H,24,25)/t15-,16-,19-/m1/s1. The van der Waals surface area contributed by atoms with Crippen LogP contribution in [0, 0.1) is 0 Å². The van der Waals surface area contributed by atoms with Crippen molar-refractivity contribution in [1.82, 2.24) is 0 Å². The summed E-state index contributed by atoms with van der Waals surface area (Å²) in [4.78, 5) is 11.0. The van der Waals surface area contributed by atoms with E-state index in [4.69, 9.17) is 31.9 Å². The van der Waals surface area contributed by atoms with Gasteiger partial charge in [0.05, 0.1) is 6.10 Å². The molecule has 0 aromatic heterocycles. The van der Waals surface area contributed by atoms with Crippen molar-refractivity contribution >= 4 is 17.6 Å². The van der Waals surface area contributed by atoms with Gasteiger partial charge in [-0.15, -0.1) is 0 Å². The fourth-order valence-electron chi connectivity index (χ4n) is 3.02. The van der Waals surface area contributed by atoms with Crippen LogP contribution in [0.2, 0.25) is 5.02 Å². The van der Waals surface area contributed by atoms with Crippen molar-refractivity contribution < 1.29 is 24.5 Å². The maximum Gasteiger partial charge on any atom is 0.348 e. The first-order valence-corrected chi connectivity index (χ1v) is 9.14. The van der Waals surface area contributed by atoms with E-state index in [9.17, 15) is 9.90 Å². The zero-order valence-corrected chi connectivity index (χ0v) is 15.4. The fourth-order valence-corrected chi connectivity index (χ4v) is 3.22. The summed E-state index contributed by atoms with van der Waals surface area (Å²) in [7, 11) is 0. The lowest BCUT2D eigenvalue weighted by Gasteiger charge is -2.24. The second-order valence-corrected chi connectivity index (χ2v) is 7.09. The van der Waals surface area contributed by atoms with Gasteiger partial charge in [-0.3, -0.25) is 0 Å². The molecule has 0 unspecified atom stereocenters. The normalized spacial score (nSPS) is 18.0. The lowest BCUT2D eigenvalue weighted by Crippen LogP contribution is -2.36. The van der Waals surface area contributed by atoms with E-state index in [1.165, 1.54) is 0 Å². The first kappa shape index (κ1) is 19.5. The Morgan fingerprint density at radius 3 is 2.78 bits per heavy atom. The number of carboxylic acid groups (broad SMARTS) is 1. The Kier molecular flexibility index (Phi) is 6.21. The van der Waals surface area contributed by atoms with Gasteiger partial charge in [0, 0.05) is 11.1 Å². The Balaban J connectivity index is 1.54. The fraction of sp³-hybridized carbons (Fsp3) is 0.350. The lowest BCUT2D eigenvalue weighted by molar-refractivity contribution is -0.147. The third kappa shape index (κ3) is 5.13. The van der Waals surface area contributed by atoms with Gasteiger partial charge in [0.2, 0.25) is 6.10 Å². The molecule has 0 aliphatic carbocycles. The minimum Gasteiger partial charge on any atom is -0.485 e. The van der Waals surface area contributed by atoms with Crippen LogP contribution in [-0.2, 0) is 11.2 Å². The number of aliphatic hydroxyl groups is 1. The number of nitrogens with two attached hydrogens (primary N) is 1. The molecule has 4 N–H and O–H groups in total. The molecule has 3 rings (SSSR count). The molecule has 3 atom stereocenters. The van der Waals surface area contributed by atoms with Crippen LogP contribution in [-0.4, -0.2) is 34.9 Å².